The van der Waals surface area contributed by atoms with Gasteiger partial charge in [-0.15, -0.1) is 11.6 Å². The van der Waals surface area contributed by atoms with Gasteiger partial charge in [0.15, 0.2) is 0 Å². The Morgan fingerprint density at radius 2 is 2.27 bits per heavy atom. The number of halogens is 3. The van der Waals surface area contributed by atoms with Crippen molar-refractivity contribution in [2.75, 3.05) is 5.88 Å². The predicted molar refractivity (Wildman–Crippen MR) is 59.1 cm³/mol. The van der Waals surface area contributed by atoms with Crippen LogP contribution < -0.4 is 5.32 Å². The third kappa shape index (κ3) is 3.36. The molecule has 15 heavy (non-hydrogen) atoms. The quantitative estimate of drug-likeness (QED) is 0.821. The number of hydrogen-bond donors (Lipinski definition) is 1. The van der Waals surface area contributed by atoms with Crippen molar-refractivity contribution >= 4 is 29.1 Å². The van der Waals surface area contributed by atoms with Crippen molar-refractivity contribution in [3.05, 3.63) is 34.6 Å². The molecule has 1 unspecified atom stereocenters. The summed E-state index contributed by atoms with van der Waals surface area (Å²) in [5, 5.41) is 2.72. The molecule has 0 spiro atoms. The topological polar surface area (TPSA) is 29.1 Å². The lowest BCUT2D eigenvalue weighted by molar-refractivity contribution is 0.0943. The molecule has 1 N–H and O–H groups in total. The lowest BCUT2D eigenvalue weighted by Crippen LogP contribution is -2.33. The van der Waals surface area contributed by atoms with Crippen molar-refractivity contribution in [1.29, 1.82) is 0 Å². The van der Waals surface area contributed by atoms with E-state index in [1.54, 1.807) is 6.92 Å². The Hall–Kier alpha value is -0.800. The van der Waals surface area contributed by atoms with Crippen LogP contribution in [-0.4, -0.2) is 17.8 Å². The Labute approximate surface area is 97.4 Å². The summed E-state index contributed by atoms with van der Waals surface area (Å²) < 4.78 is 12.7. The van der Waals surface area contributed by atoms with E-state index >= 15 is 0 Å². The fourth-order valence-electron chi connectivity index (χ4n) is 1.01. The van der Waals surface area contributed by atoms with Crippen LogP contribution in [0.15, 0.2) is 18.2 Å². The minimum Gasteiger partial charge on any atom is -0.348 e. The maximum Gasteiger partial charge on any atom is 0.253 e. The Kier molecular flexibility index (Phi) is 4.36. The highest BCUT2D eigenvalue weighted by atomic mass is 35.5. The van der Waals surface area contributed by atoms with E-state index in [0.717, 1.165) is 6.07 Å². The molecule has 1 aromatic rings. The van der Waals surface area contributed by atoms with Gasteiger partial charge in [0, 0.05) is 11.9 Å². The van der Waals surface area contributed by atoms with Crippen molar-refractivity contribution in [3.63, 3.8) is 0 Å². The van der Waals surface area contributed by atoms with E-state index in [-0.39, 0.29) is 22.5 Å². The number of carbonyl (C=O) groups is 1. The van der Waals surface area contributed by atoms with Gasteiger partial charge in [-0.3, -0.25) is 4.79 Å². The number of benzene rings is 1. The molecule has 0 aromatic heterocycles. The summed E-state index contributed by atoms with van der Waals surface area (Å²) in [6, 6.07) is 3.47. The van der Waals surface area contributed by atoms with Crippen LogP contribution in [0.25, 0.3) is 0 Å². The first kappa shape index (κ1) is 12.3. The van der Waals surface area contributed by atoms with Gasteiger partial charge in [0.2, 0.25) is 0 Å². The van der Waals surface area contributed by atoms with Gasteiger partial charge in [0.25, 0.3) is 5.91 Å². The lowest BCUT2D eigenvalue weighted by Gasteiger charge is -2.11. The Morgan fingerprint density at radius 3 is 2.80 bits per heavy atom. The van der Waals surface area contributed by atoms with Crippen LogP contribution in [0.5, 0.6) is 0 Å². The highest BCUT2D eigenvalue weighted by Gasteiger charge is 2.12. The van der Waals surface area contributed by atoms with Gasteiger partial charge in [-0.2, -0.15) is 0 Å². The van der Waals surface area contributed by atoms with Crippen molar-refractivity contribution in [2.45, 2.75) is 13.0 Å². The fraction of sp³-hybridized carbons (Fsp3) is 0.300. The molecular weight excluding hydrogens is 240 g/mol. The van der Waals surface area contributed by atoms with Crippen LogP contribution in [0.4, 0.5) is 4.39 Å². The van der Waals surface area contributed by atoms with E-state index in [9.17, 15) is 9.18 Å². The van der Waals surface area contributed by atoms with Crippen LogP contribution in [0.2, 0.25) is 5.02 Å². The van der Waals surface area contributed by atoms with Gasteiger partial charge < -0.3 is 5.32 Å². The lowest BCUT2D eigenvalue weighted by atomic mass is 10.2. The van der Waals surface area contributed by atoms with Crippen molar-refractivity contribution < 1.29 is 9.18 Å². The van der Waals surface area contributed by atoms with E-state index in [2.05, 4.69) is 5.32 Å². The molecule has 0 aliphatic rings. The fourth-order valence-corrected chi connectivity index (χ4v) is 1.34. The van der Waals surface area contributed by atoms with E-state index in [1.807, 2.05) is 0 Å². The third-order valence-electron chi connectivity index (χ3n) is 1.78. The molecule has 2 nitrogen and oxygen atoms in total. The number of hydrogen-bond acceptors (Lipinski definition) is 1. The molecule has 0 radical (unpaired) electrons. The van der Waals surface area contributed by atoms with Crippen molar-refractivity contribution in [2.24, 2.45) is 0 Å². The maximum absolute atomic E-state index is 12.7. The van der Waals surface area contributed by atoms with Gasteiger partial charge >= 0.3 is 0 Å². The summed E-state index contributed by atoms with van der Waals surface area (Å²) >= 11 is 11.3. The Bertz CT molecular complexity index is 370. The number of carbonyl (C=O) groups excluding carboxylic acids is 1. The molecule has 1 aromatic carbocycles. The first-order valence-corrected chi connectivity index (χ1v) is 5.27. The highest BCUT2D eigenvalue weighted by Crippen LogP contribution is 2.17. The molecule has 82 valence electrons. The molecule has 1 rings (SSSR count). The number of rotatable bonds is 3. The van der Waals surface area contributed by atoms with E-state index < -0.39 is 5.82 Å². The first-order chi connectivity index (χ1) is 7.04. The van der Waals surface area contributed by atoms with E-state index in [4.69, 9.17) is 23.2 Å². The Morgan fingerprint density at radius 1 is 1.60 bits per heavy atom. The van der Waals surface area contributed by atoms with Gasteiger partial charge in [0.1, 0.15) is 5.82 Å². The number of alkyl halides is 1. The largest absolute Gasteiger partial charge is 0.348 e. The number of nitrogens with one attached hydrogen (secondary N) is 1. The van der Waals surface area contributed by atoms with Gasteiger partial charge in [0.05, 0.1) is 10.6 Å². The minimum absolute atomic E-state index is 0.0919. The monoisotopic (exact) mass is 249 g/mol. The van der Waals surface area contributed by atoms with Gasteiger partial charge in [-0.25, -0.2) is 4.39 Å². The smallest absolute Gasteiger partial charge is 0.253 e. The second-order valence-electron chi connectivity index (χ2n) is 3.15. The second-order valence-corrected chi connectivity index (χ2v) is 3.87. The third-order valence-corrected chi connectivity index (χ3v) is 2.56. The first-order valence-electron chi connectivity index (χ1n) is 4.36. The standard InChI is InChI=1S/C10H10Cl2FNO/c1-6(5-11)14-10(15)8-3-2-7(13)4-9(8)12/h2-4,6H,5H2,1H3,(H,14,15). The van der Waals surface area contributed by atoms with Crippen LogP contribution in [-0.2, 0) is 0 Å². The minimum atomic E-state index is -0.470. The summed E-state index contributed by atoms with van der Waals surface area (Å²) in [4.78, 5) is 11.6. The SMILES string of the molecule is CC(CCl)NC(=O)c1ccc(F)cc1Cl. The van der Waals surface area contributed by atoms with E-state index in [1.165, 1.54) is 12.1 Å². The molecule has 0 fully saturated rings. The normalized spacial score (nSPS) is 12.3. The zero-order valence-corrected chi connectivity index (χ0v) is 9.57. The van der Waals surface area contributed by atoms with E-state index in [0.29, 0.717) is 5.88 Å². The summed E-state index contributed by atoms with van der Waals surface area (Å²) in [6.45, 7) is 1.77. The van der Waals surface area contributed by atoms with Crippen LogP contribution in [0, 0.1) is 5.82 Å². The summed E-state index contributed by atoms with van der Waals surface area (Å²) in [6.07, 6.45) is 0. The molecule has 1 atom stereocenters. The summed E-state index contributed by atoms with van der Waals surface area (Å²) in [7, 11) is 0. The summed E-state index contributed by atoms with van der Waals surface area (Å²) in [5.74, 6) is -0.514. The second kappa shape index (κ2) is 5.33. The molecule has 0 saturated heterocycles. The highest BCUT2D eigenvalue weighted by molar-refractivity contribution is 6.33. The number of amides is 1. The predicted octanol–water partition coefficient (Wildman–Crippen LogP) is 2.84. The maximum atomic E-state index is 12.7. The zero-order chi connectivity index (χ0) is 11.4. The van der Waals surface area contributed by atoms with Gasteiger partial charge in [-0.1, -0.05) is 11.6 Å². The average molecular weight is 250 g/mol. The van der Waals surface area contributed by atoms with Gasteiger partial charge in [-0.05, 0) is 25.1 Å². The Balaban J connectivity index is 2.82. The van der Waals surface area contributed by atoms with Crippen LogP contribution in [0.1, 0.15) is 17.3 Å². The molecule has 0 heterocycles. The van der Waals surface area contributed by atoms with Crippen LogP contribution in [0.3, 0.4) is 0 Å². The molecular formula is C10H10Cl2FNO. The zero-order valence-electron chi connectivity index (χ0n) is 8.06. The summed E-state index contributed by atoms with van der Waals surface area (Å²) in [5.41, 5.74) is 0.245. The van der Waals surface area contributed by atoms with Crippen LogP contribution >= 0.6 is 23.2 Å². The molecule has 0 aliphatic heterocycles. The average Bonchev–Trinajstić information content (AvgIpc) is 2.17. The molecule has 1 amide bonds. The molecule has 5 heteroatoms. The van der Waals surface area contributed by atoms with Crippen molar-refractivity contribution in [3.8, 4) is 0 Å². The van der Waals surface area contributed by atoms with Crippen molar-refractivity contribution in [1.82, 2.24) is 5.32 Å². The molecule has 0 bridgehead atoms. The molecule has 0 saturated carbocycles. The molecule has 0 aliphatic carbocycles.